The second-order valence-electron chi connectivity index (χ2n) is 8.29. The number of aliphatic hydroxyl groups is 1. The smallest absolute Gasteiger partial charge is 0.118 e. The van der Waals surface area contributed by atoms with Gasteiger partial charge in [0.1, 0.15) is 5.75 Å². The summed E-state index contributed by atoms with van der Waals surface area (Å²) >= 11 is 0. The molecule has 1 N–H and O–H groups in total. The Hall–Kier alpha value is -1.67. The molecule has 1 rings (SSSR count). The molecule has 1 atom stereocenters. The molecule has 0 bridgehead atoms. The van der Waals surface area contributed by atoms with Crippen LogP contribution in [0.4, 0.5) is 0 Å². The zero-order valence-electron chi connectivity index (χ0n) is 21.5. The molecule has 32 heavy (non-hydrogen) atoms. The predicted octanol–water partition coefficient (Wildman–Crippen LogP) is 7.63. The van der Waals surface area contributed by atoms with E-state index in [0.717, 1.165) is 31.4 Å². The fourth-order valence-electron chi connectivity index (χ4n) is 2.64. The summed E-state index contributed by atoms with van der Waals surface area (Å²) in [5, 5.41) is 8.55. The van der Waals surface area contributed by atoms with Crippen LogP contribution >= 0.6 is 9.90 Å². The Kier molecular flexibility index (Phi) is 21.5. The third kappa shape index (κ3) is 20.2. The van der Waals surface area contributed by atoms with E-state index >= 15 is 0 Å². The summed E-state index contributed by atoms with van der Waals surface area (Å²) in [5.74, 6) is 0.878. The van der Waals surface area contributed by atoms with Gasteiger partial charge in [-0.3, -0.25) is 0 Å². The molecule has 0 spiro atoms. The van der Waals surface area contributed by atoms with Crippen molar-refractivity contribution >= 4 is 9.90 Å². The third-order valence-corrected chi connectivity index (χ3v) is 4.60. The molecular weight excluding hydrogens is 415 g/mol. The predicted molar refractivity (Wildman–Crippen MR) is 146 cm³/mol. The van der Waals surface area contributed by atoms with Crippen LogP contribution in [0.15, 0.2) is 70.9 Å². The average Bonchev–Trinajstić information content (AvgIpc) is 2.72. The van der Waals surface area contributed by atoms with Gasteiger partial charge in [-0.1, -0.05) is 58.7 Å². The minimum absolute atomic E-state index is 0. The standard InChI is InChI=1S/C18H26O2.C10H18O.H3P/c1-15(2)6-5-7-16(3)12-13-20-14-17-8-10-18(19-4)11-9-17;1-9(2)5-4-6-10(3)7-8-11;/h6,8-12H,5,7,13-14H2,1-4H3;5,7,11H,4,6,8H2,1-3H3;1H3/b16-12-;10-7-;. The van der Waals surface area contributed by atoms with Gasteiger partial charge in [-0.05, 0) is 84.9 Å². The van der Waals surface area contributed by atoms with Gasteiger partial charge in [-0.15, -0.1) is 0 Å². The largest absolute Gasteiger partial charge is 0.497 e. The van der Waals surface area contributed by atoms with Crippen molar-refractivity contribution in [1.82, 2.24) is 0 Å². The number of methoxy groups -OCH3 is 1. The molecule has 3 nitrogen and oxygen atoms in total. The van der Waals surface area contributed by atoms with E-state index in [-0.39, 0.29) is 16.5 Å². The van der Waals surface area contributed by atoms with E-state index in [4.69, 9.17) is 14.6 Å². The number of rotatable bonds is 12. The number of ether oxygens (including phenoxy) is 2. The van der Waals surface area contributed by atoms with Crippen molar-refractivity contribution < 1.29 is 14.6 Å². The topological polar surface area (TPSA) is 38.7 Å². The molecule has 0 aliphatic heterocycles. The van der Waals surface area contributed by atoms with Gasteiger partial charge in [-0.25, -0.2) is 0 Å². The van der Waals surface area contributed by atoms with E-state index in [1.54, 1.807) is 7.11 Å². The second kappa shape index (κ2) is 21.2. The summed E-state index contributed by atoms with van der Waals surface area (Å²) in [5.41, 5.74) is 6.57. The van der Waals surface area contributed by atoms with Crippen LogP contribution in [0.1, 0.15) is 72.8 Å². The van der Waals surface area contributed by atoms with Crippen LogP contribution in [-0.4, -0.2) is 25.4 Å². The molecule has 0 saturated heterocycles. The zero-order valence-corrected chi connectivity index (χ0v) is 23.0. The van der Waals surface area contributed by atoms with Gasteiger partial charge in [0.25, 0.3) is 0 Å². The second-order valence-corrected chi connectivity index (χ2v) is 8.29. The Morgan fingerprint density at radius 1 is 0.781 bits per heavy atom. The summed E-state index contributed by atoms with van der Waals surface area (Å²) in [6.45, 7) is 14.2. The van der Waals surface area contributed by atoms with Crippen molar-refractivity contribution in [3.05, 3.63) is 76.4 Å². The molecule has 0 amide bonds. The fraction of sp³-hybridized carbons (Fsp3) is 0.500. The van der Waals surface area contributed by atoms with E-state index < -0.39 is 0 Å². The number of benzene rings is 1. The molecular formula is C28H47O3P. The summed E-state index contributed by atoms with van der Waals surface area (Å²) < 4.78 is 10.8. The Morgan fingerprint density at radius 2 is 1.28 bits per heavy atom. The van der Waals surface area contributed by atoms with E-state index in [9.17, 15) is 0 Å². The lowest BCUT2D eigenvalue weighted by molar-refractivity contribution is 0.148. The highest BCUT2D eigenvalue weighted by atomic mass is 31.0. The summed E-state index contributed by atoms with van der Waals surface area (Å²) in [4.78, 5) is 0. The van der Waals surface area contributed by atoms with Crippen molar-refractivity contribution in [3.8, 4) is 5.75 Å². The van der Waals surface area contributed by atoms with Crippen molar-refractivity contribution in [2.24, 2.45) is 0 Å². The lowest BCUT2D eigenvalue weighted by atomic mass is 10.1. The molecule has 0 aliphatic rings. The first-order chi connectivity index (χ1) is 14.8. The summed E-state index contributed by atoms with van der Waals surface area (Å²) in [6, 6.07) is 7.98. The first-order valence-electron chi connectivity index (χ1n) is 11.2. The van der Waals surface area contributed by atoms with Crippen molar-refractivity contribution in [2.45, 2.75) is 73.8 Å². The molecule has 0 saturated carbocycles. The maximum absolute atomic E-state index is 8.55. The van der Waals surface area contributed by atoms with Gasteiger partial charge < -0.3 is 14.6 Å². The molecule has 0 heterocycles. The first-order valence-corrected chi connectivity index (χ1v) is 11.2. The number of aliphatic hydroxyl groups excluding tert-OH is 1. The highest BCUT2D eigenvalue weighted by Crippen LogP contribution is 2.12. The van der Waals surface area contributed by atoms with Crippen LogP contribution in [-0.2, 0) is 11.3 Å². The van der Waals surface area contributed by atoms with Gasteiger partial charge >= 0.3 is 0 Å². The van der Waals surface area contributed by atoms with E-state index in [1.807, 2.05) is 30.3 Å². The molecule has 1 aromatic carbocycles. The minimum Gasteiger partial charge on any atom is -0.497 e. The van der Waals surface area contributed by atoms with Crippen LogP contribution < -0.4 is 4.74 Å². The first kappa shape index (κ1) is 32.5. The van der Waals surface area contributed by atoms with Gasteiger partial charge in [0.15, 0.2) is 0 Å². The van der Waals surface area contributed by atoms with Gasteiger partial charge in [0.2, 0.25) is 0 Å². The van der Waals surface area contributed by atoms with Gasteiger partial charge in [-0.2, -0.15) is 9.90 Å². The molecule has 1 unspecified atom stereocenters. The van der Waals surface area contributed by atoms with Gasteiger partial charge in [0.05, 0.1) is 26.9 Å². The maximum atomic E-state index is 8.55. The number of hydrogen-bond donors (Lipinski definition) is 1. The monoisotopic (exact) mass is 462 g/mol. The highest BCUT2D eigenvalue weighted by Gasteiger charge is 1.95. The molecule has 0 radical (unpaired) electrons. The molecule has 4 heteroatoms. The van der Waals surface area contributed by atoms with Crippen LogP contribution in [0.5, 0.6) is 5.75 Å². The average molecular weight is 463 g/mol. The molecule has 0 aromatic heterocycles. The van der Waals surface area contributed by atoms with Crippen LogP contribution in [0, 0.1) is 0 Å². The lowest BCUT2D eigenvalue weighted by Crippen LogP contribution is -1.94. The summed E-state index contributed by atoms with van der Waals surface area (Å²) in [7, 11) is 1.67. The Morgan fingerprint density at radius 3 is 1.72 bits per heavy atom. The Bertz CT molecular complexity index is 705. The van der Waals surface area contributed by atoms with Crippen molar-refractivity contribution in [1.29, 1.82) is 0 Å². The molecule has 1 aromatic rings. The number of hydrogen-bond acceptors (Lipinski definition) is 3. The Labute approximate surface area is 200 Å². The van der Waals surface area contributed by atoms with Crippen LogP contribution in [0.25, 0.3) is 0 Å². The highest BCUT2D eigenvalue weighted by molar-refractivity contribution is 6.92. The molecule has 182 valence electrons. The third-order valence-electron chi connectivity index (χ3n) is 4.60. The maximum Gasteiger partial charge on any atom is 0.118 e. The normalized spacial score (nSPS) is 11.0. The number of allylic oxidation sites excluding steroid dienone is 6. The Balaban J connectivity index is 0. The van der Waals surface area contributed by atoms with E-state index in [2.05, 4.69) is 59.8 Å². The fourth-order valence-corrected chi connectivity index (χ4v) is 2.64. The summed E-state index contributed by atoms with van der Waals surface area (Å²) in [6.07, 6.45) is 12.9. The SMILES string of the molecule is CC(C)=CCC/C(C)=C\CO.COc1ccc(COC/C=C(/C)CCC=C(C)C)cc1.P. The molecule has 0 aliphatic carbocycles. The zero-order chi connectivity index (χ0) is 23.5. The van der Waals surface area contributed by atoms with Gasteiger partial charge in [0, 0.05) is 0 Å². The van der Waals surface area contributed by atoms with Crippen molar-refractivity contribution in [3.63, 3.8) is 0 Å². The van der Waals surface area contributed by atoms with Crippen LogP contribution in [0.2, 0.25) is 0 Å². The van der Waals surface area contributed by atoms with E-state index in [0.29, 0.717) is 13.2 Å². The van der Waals surface area contributed by atoms with Crippen LogP contribution in [0.3, 0.4) is 0 Å². The lowest BCUT2D eigenvalue weighted by Gasteiger charge is -2.04. The minimum atomic E-state index is 0. The van der Waals surface area contributed by atoms with E-state index in [1.165, 1.54) is 27.9 Å². The van der Waals surface area contributed by atoms with Crippen molar-refractivity contribution in [2.75, 3.05) is 20.3 Å². The quantitative estimate of drug-likeness (QED) is 0.197. The molecule has 0 fully saturated rings.